The van der Waals surface area contributed by atoms with E-state index in [1.54, 1.807) is 4.90 Å². The number of hydrogen-bond donors (Lipinski definition) is 0. The Morgan fingerprint density at radius 2 is 1.88 bits per heavy atom. The molecule has 1 aromatic carbocycles. The molecule has 0 aromatic heterocycles. The van der Waals surface area contributed by atoms with Gasteiger partial charge in [-0.2, -0.15) is 0 Å². The molecule has 0 bridgehead atoms. The number of aryl methyl sites for hydroxylation is 1. The number of alkyl halides is 1. The third-order valence-electron chi connectivity index (χ3n) is 2.91. The lowest BCUT2D eigenvalue weighted by atomic mass is 10.1. The van der Waals surface area contributed by atoms with Crippen LogP contribution in [0.15, 0.2) is 24.3 Å². The van der Waals surface area contributed by atoms with E-state index in [1.165, 1.54) is 0 Å². The smallest absolute Gasteiger partial charge is 0.245 e. The molecule has 1 saturated heterocycles. The number of carbonyl (C=O) groups is 1. The van der Waals surface area contributed by atoms with Crippen LogP contribution in [0.3, 0.4) is 0 Å². The van der Waals surface area contributed by atoms with Crippen molar-refractivity contribution in [3.05, 3.63) is 35.4 Å². The average molecular weight is 254 g/mol. The molecule has 0 N–H and O–H groups in total. The SMILES string of the molecule is Cc1ccc(C(Cl)C(=O)N2CCOCC2)cc1. The fourth-order valence-electron chi connectivity index (χ4n) is 1.82. The molecule has 1 unspecified atom stereocenters. The molecule has 2 rings (SSSR count). The molecule has 0 aliphatic carbocycles. The molecule has 1 heterocycles. The van der Waals surface area contributed by atoms with Crippen LogP contribution in [0, 0.1) is 6.92 Å². The number of morpholine rings is 1. The molecule has 1 amide bonds. The van der Waals surface area contributed by atoms with Crippen molar-refractivity contribution in [1.82, 2.24) is 4.90 Å². The van der Waals surface area contributed by atoms with Gasteiger partial charge in [0.15, 0.2) is 0 Å². The van der Waals surface area contributed by atoms with Gasteiger partial charge in [0.25, 0.3) is 0 Å². The van der Waals surface area contributed by atoms with Crippen molar-refractivity contribution in [2.24, 2.45) is 0 Å². The number of hydrogen-bond acceptors (Lipinski definition) is 2. The first-order valence-electron chi connectivity index (χ1n) is 5.75. The zero-order chi connectivity index (χ0) is 12.3. The Morgan fingerprint density at radius 1 is 1.29 bits per heavy atom. The minimum atomic E-state index is -0.589. The number of nitrogens with zero attached hydrogens (tertiary/aromatic N) is 1. The van der Waals surface area contributed by atoms with Crippen LogP contribution in [0.5, 0.6) is 0 Å². The molecular weight excluding hydrogens is 238 g/mol. The summed E-state index contributed by atoms with van der Waals surface area (Å²) in [5.41, 5.74) is 2.02. The standard InChI is InChI=1S/C13H16ClNO2/c1-10-2-4-11(5-3-10)12(14)13(16)15-6-8-17-9-7-15/h2-5,12H,6-9H2,1H3. The Hall–Kier alpha value is -1.06. The molecule has 0 spiro atoms. The number of benzene rings is 1. The highest BCUT2D eigenvalue weighted by Gasteiger charge is 2.25. The lowest BCUT2D eigenvalue weighted by Gasteiger charge is -2.28. The zero-order valence-electron chi connectivity index (χ0n) is 9.86. The molecule has 1 aliphatic heterocycles. The van der Waals surface area contributed by atoms with Crippen molar-refractivity contribution < 1.29 is 9.53 Å². The molecule has 1 aliphatic rings. The summed E-state index contributed by atoms with van der Waals surface area (Å²) in [4.78, 5) is 13.9. The van der Waals surface area contributed by atoms with Crippen LogP contribution < -0.4 is 0 Å². The van der Waals surface area contributed by atoms with Crippen LogP contribution in [-0.2, 0) is 9.53 Å². The number of halogens is 1. The first kappa shape index (κ1) is 12.4. The van der Waals surface area contributed by atoms with Crippen molar-refractivity contribution in [3.8, 4) is 0 Å². The van der Waals surface area contributed by atoms with Crippen LogP contribution in [0.1, 0.15) is 16.5 Å². The molecular formula is C13H16ClNO2. The van der Waals surface area contributed by atoms with Gasteiger partial charge in [0.1, 0.15) is 5.38 Å². The van der Waals surface area contributed by atoms with E-state index in [0.717, 1.165) is 11.1 Å². The molecule has 17 heavy (non-hydrogen) atoms. The van der Waals surface area contributed by atoms with E-state index >= 15 is 0 Å². The van der Waals surface area contributed by atoms with E-state index in [9.17, 15) is 4.79 Å². The van der Waals surface area contributed by atoms with Gasteiger partial charge in [-0.25, -0.2) is 0 Å². The summed E-state index contributed by atoms with van der Waals surface area (Å²) in [5, 5.41) is -0.589. The van der Waals surface area contributed by atoms with Gasteiger partial charge in [0.2, 0.25) is 5.91 Å². The maximum Gasteiger partial charge on any atom is 0.245 e. The summed E-state index contributed by atoms with van der Waals surface area (Å²) in [5.74, 6) is -0.0289. The van der Waals surface area contributed by atoms with Crippen LogP contribution in [0.2, 0.25) is 0 Å². The van der Waals surface area contributed by atoms with Gasteiger partial charge >= 0.3 is 0 Å². The van der Waals surface area contributed by atoms with Crippen LogP contribution in [-0.4, -0.2) is 37.1 Å². The highest BCUT2D eigenvalue weighted by molar-refractivity contribution is 6.30. The molecule has 1 atom stereocenters. The predicted octanol–water partition coefficient (Wildman–Crippen LogP) is 2.13. The van der Waals surface area contributed by atoms with Crippen molar-refractivity contribution in [2.75, 3.05) is 26.3 Å². The molecule has 0 saturated carbocycles. The number of amides is 1. The Kier molecular flexibility index (Phi) is 4.02. The predicted molar refractivity (Wildman–Crippen MR) is 67.2 cm³/mol. The first-order chi connectivity index (χ1) is 8.18. The van der Waals surface area contributed by atoms with Crippen molar-refractivity contribution in [3.63, 3.8) is 0 Å². The molecule has 0 radical (unpaired) electrons. The Morgan fingerprint density at radius 3 is 2.47 bits per heavy atom. The van der Waals surface area contributed by atoms with Gasteiger partial charge in [-0.3, -0.25) is 4.79 Å². The van der Waals surface area contributed by atoms with Gasteiger partial charge in [-0.1, -0.05) is 29.8 Å². The largest absolute Gasteiger partial charge is 0.378 e. The highest BCUT2D eigenvalue weighted by Crippen LogP contribution is 2.23. The molecule has 4 heteroatoms. The summed E-state index contributed by atoms with van der Waals surface area (Å²) in [6, 6.07) is 7.76. The van der Waals surface area contributed by atoms with E-state index < -0.39 is 5.38 Å². The second-order valence-corrected chi connectivity index (χ2v) is 4.65. The van der Waals surface area contributed by atoms with Crippen molar-refractivity contribution in [2.45, 2.75) is 12.3 Å². The number of carbonyl (C=O) groups excluding carboxylic acids is 1. The summed E-state index contributed by atoms with van der Waals surface area (Å²) in [6.07, 6.45) is 0. The second kappa shape index (κ2) is 5.52. The van der Waals surface area contributed by atoms with Crippen LogP contribution in [0.4, 0.5) is 0 Å². The minimum Gasteiger partial charge on any atom is -0.378 e. The van der Waals surface area contributed by atoms with Gasteiger partial charge in [-0.05, 0) is 12.5 Å². The van der Waals surface area contributed by atoms with E-state index in [2.05, 4.69) is 0 Å². The van der Waals surface area contributed by atoms with Crippen molar-refractivity contribution >= 4 is 17.5 Å². The third-order valence-corrected chi connectivity index (χ3v) is 3.35. The highest BCUT2D eigenvalue weighted by atomic mass is 35.5. The maximum absolute atomic E-state index is 12.1. The third kappa shape index (κ3) is 2.99. The van der Waals surface area contributed by atoms with Gasteiger partial charge in [-0.15, -0.1) is 11.6 Å². The summed E-state index contributed by atoms with van der Waals surface area (Å²) < 4.78 is 5.21. The number of rotatable bonds is 2. The summed E-state index contributed by atoms with van der Waals surface area (Å²) in [7, 11) is 0. The normalized spacial score (nSPS) is 17.9. The Bertz CT molecular complexity index is 385. The second-order valence-electron chi connectivity index (χ2n) is 4.21. The monoisotopic (exact) mass is 253 g/mol. The van der Waals surface area contributed by atoms with E-state index in [-0.39, 0.29) is 5.91 Å². The van der Waals surface area contributed by atoms with Crippen LogP contribution >= 0.6 is 11.6 Å². The Labute approximate surface area is 106 Å². The molecule has 3 nitrogen and oxygen atoms in total. The van der Waals surface area contributed by atoms with Crippen molar-refractivity contribution in [1.29, 1.82) is 0 Å². The van der Waals surface area contributed by atoms with E-state index in [1.807, 2.05) is 31.2 Å². The Balaban J connectivity index is 2.05. The summed E-state index contributed by atoms with van der Waals surface area (Å²) >= 11 is 6.21. The topological polar surface area (TPSA) is 29.5 Å². The van der Waals surface area contributed by atoms with Gasteiger partial charge in [0.05, 0.1) is 13.2 Å². The minimum absolute atomic E-state index is 0.0289. The summed E-state index contributed by atoms with van der Waals surface area (Å²) in [6.45, 7) is 4.48. The van der Waals surface area contributed by atoms with Gasteiger partial charge < -0.3 is 9.64 Å². The molecule has 1 aromatic rings. The maximum atomic E-state index is 12.1. The average Bonchev–Trinajstić information content (AvgIpc) is 2.39. The van der Waals surface area contributed by atoms with Gasteiger partial charge in [0, 0.05) is 13.1 Å². The molecule has 92 valence electrons. The fourth-order valence-corrected chi connectivity index (χ4v) is 2.11. The van der Waals surface area contributed by atoms with Crippen LogP contribution in [0.25, 0.3) is 0 Å². The molecule has 1 fully saturated rings. The van der Waals surface area contributed by atoms with E-state index in [4.69, 9.17) is 16.3 Å². The quantitative estimate of drug-likeness (QED) is 0.756. The first-order valence-corrected chi connectivity index (χ1v) is 6.19. The number of ether oxygens (including phenoxy) is 1. The lowest BCUT2D eigenvalue weighted by Crippen LogP contribution is -2.42. The lowest BCUT2D eigenvalue weighted by molar-refractivity contribution is -0.134. The van der Waals surface area contributed by atoms with E-state index in [0.29, 0.717) is 26.3 Å². The fraction of sp³-hybridized carbons (Fsp3) is 0.462. The zero-order valence-corrected chi connectivity index (χ0v) is 10.6.